The summed E-state index contributed by atoms with van der Waals surface area (Å²) in [6, 6.07) is 3.72. The van der Waals surface area contributed by atoms with Gasteiger partial charge in [0.1, 0.15) is 17.6 Å². The van der Waals surface area contributed by atoms with E-state index < -0.39 is 0 Å². The summed E-state index contributed by atoms with van der Waals surface area (Å²) in [6.45, 7) is 4.11. The lowest BCUT2D eigenvalue weighted by Crippen LogP contribution is -2.26. The number of nitrogens with zero attached hydrogens (tertiary/aromatic N) is 4. The standard InChI is InChI=1S/C11H12ClN5/c12-11-15-9(2-13)1-10(16-11)17-5-7-3-14-4-8(7)6-17/h1,7-8,14H,3-6H2. The molecule has 1 aromatic heterocycles. The number of halogens is 1. The summed E-state index contributed by atoms with van der Waals surface area (Å²) < 4.78 is 0. The Kier molecular flexibility index (Phi) is 2.61. The molecule has 1 N–H and O–H groups in total. The molecule has 88 valence electrons. The molecule has 0 aliphatic carbocycles. The van der Waals surface area contributed by atoms with E-state index in [4.69, 9.17) is 16.9 Å². The monoisotopic (exact) mass is 249 g/mol. The molecule has 0 aromatic carbocycles. The van der Waals surface area contributed by atoms with Crippen LogP contribution in [0.4, 0.5) is 5.82 Å². The lowest BCUT2D eigenvalue weighted by molar-refractivity contribution is 0.533. The van der Waals surface area contributed by atoms with E-state index in [0.29, 0.717) is 17.5 Å². The predicted octanol–water partition coefficient (Wildman–Crippen LogP) is 0.657. The van der Waals surface area contributed by atoms with Crippen molar-refractivity contribution in [1.29, 1.82) is 5.26 Å². The van der Waals surface area contributed by atoms with E-state index in [9.17, 15) is 0 Å². The van der Waals surface area contributed by atoms with E-state index in [1.165, 1.54) is 0 Å². The van der Waals surface area contributed by atoms with Crippen molar-refractivity contribution in [3.63, 3.8) is 0 Å². The van der Waals surface area contributed by atoms with Gasteiger partial charge in [-0.2, -0.15) is 5.26 Å². The first-order chi connectivity index (χ1) is 8.26. The van der Waals surface area contributed by atoms with Gasteiger partial charge in [-0.15, -0.1) is 0 Å². The van der Waals surface area contributed by atoms with Crippen LogP contribution in [0.25, 0.3) is 0 Å². The molecule has 2 aliphatic heterocycles. The van der Waals surface area contributed by atoms with Crippen LogP contribution in [0.15, 0.2) is 6.07 Å². The van der Waals surface area contributed by atoms with Crippen LogP contribution in [0.3, 0.4) is 0 Å². The summed E-state index contributed by atoms with van der Waals surface area (Å²) in [4.78, 5) is 10.2. The summed E-state index contributed by atoms with van der Waals surface area (Å²) in [5, 5.41) is 12.4. The quantitative estimate of drug-likeness (QED) is 0.741. The molecular formula is C11H12ClN5. The second-order valence-corrected chi connectivity index (χ2v) is 4.91. The van der Waals surface area contributed by atoms with Gasteiger partial charge in [-0.25, -0.2) is 9.97 Å². The number of fused-ring (bicyclic) bond motifs is 1. The fourth-order valence-corrected chi connectivity index (χ4v) is 2.85. The van der Waals surface area contributed by atoms with Crippen molar-refractivity contribution >= 4 is 17.4 Å². The Morgan fingerprint density at radius 1 is 1.35 bits per heavy atom. The van der Waals surface area contributed by atoms with Crippen LogP contribution in [0.1, 0.15) is 5.69 Å². The number of hydrogen-bond donors (Lipinski definition) is 1. The fraction of sp³-hybridized carbons (Fsp3) is 0.545. The Morgan fingerprint density at radius 2 is 2.06 bits per heavy atom. The molecule has 6 heteroatoms. The van der Waals surface area contributed by atoms with Crippen molar-refractivity contribution < 1.29 is 0 Å². The second-order valence-electron chi connectivity index (χ2n) is 4.58. The van der Waals surface area contributed by atoms with E-state index in [-0.39, 0.29) is 5.28 Å². The molecule has 0 saturated carbocycles. The first-order valence-electron chi connectivity index (χ1n) is 5.66. The molecule has 0 radical (unpaired) electrons. The number of anilines is 1. The molecule has 2 saturated heterocycles. The molecule has 0 bridgehead atoms. The molecule has 3 rings (SSSR count). The van der Waals surface area contributed by atoms with Gasteiger partial charge in [-0.3, -0.25) is 0 Å². The van der Waals surface area contributed by atoms with E-state index in [2.05, 4.69) is 20.2 Å². The number of nitriles is 1. The van der Waals surface area contributed by atoms with Crippen molar-refractivity contribution in [3.8, 4) is 6.07 Å². The highest BCUT2D eigenvalue weighted by atomic mass is 35.5. The van der Waals surface area contributed by atoms with Gasteiger partial charge in [0.05, 0.1) is 0 Å². The largest absolute Gasteiger partial charge is 0.356 e. The van der Waals surface area contributed by atoms with Gasteiger partial charge in [-0.1, -0.05) is 0 Å². The topological polar surface area (TPSA) is 64.8 Å². The minimum atomic E-state index is 0.147. The first-order valence-corrected chi connectivity index (χ1v) is 6.04. The predicted molar refractivity (Wildman–Crippen MR) is 63.8 cm³/mol. The lowest BCUT2D eigenvalue weighted by Gasteiger charge is -2.18. The highest BCUT2D eigenvalue weighted by molar-refractivity contribution is 6.28. The summed E-state index contributed by atoms with van der Waals surface area (Å²) in [7, 11) is 0. The van der Waals surface area contributed by atoms with Crippen molar-refractivity contribution in [1.82, 2.24) is 15.3 Å². The third-order valence-corrected chi connectivity index (χ3v) is 3.68. The Balaban J connectivity index is 1.86. The molecule has 2 fully saturated rings. The van der Waals surface area contributed by atoms with Gasteiger partial charge in [0.25, 0.3) is 0 Å². The van der Waals surface area contributed by atoms with Crippen LogP contribution in [0.5, 0.6) is 0 Å². The average Bonchev–Trinajstić information content (AvgIpc) is 2.88. The molecule has 0 amide bonds. The van der Waals surface area contributed by atoms with E-state index in [1.54, 1.807) is 6.07 Å². The second kappa shape index (κ2) is 4.13. The summed E-state index contributed by atoms with van der Waals surface area (Å²) in [5.41, 5.74) is 0.329. The normalized spacial score (nSPS) is 26.9. The van der Waals surface area contributed by atoms with E-state index in [0.717, 1.165) is 32.0 Å². The Morgan fingerprint density at radius 3 is 2.71 bits per heavy atom. The van der Waals surface area contributed by atoms with Crippen LogP contribution < -0.4 is 10.2 Å². The fourth-order valence-electron chi connectivity index (χ4n) is 2.67. The number of rotatable bonds is 1. The van der Waals surface area contributed by atoms with Gasteiger partial charge in [0.15, 0.2) is 0 Å². The molecule has 2 atom stereocenters. The molecular weight excluding hydrogens is 238 g/mol. The zero-order valence-electron chi connectivity index (χ0n) is 9.23. The smallest absolute Gasteiger partial charge is 0.225 e. The van der Waals surface area contributed by atoms with Gasteiger partial charge in [-0.05, 0) is 23.4 Å². The Hall–Kier alpha value is -1.38. The van der Waals surface area contributed by atoms with Crippen LogP contribution in [0.2, 0.25) is 5.28 Å². The minimum absolute atomic E-state index is 0.147. The lowest BCUT2D eigenvalue weighted by atomic mass is 10.0. The summed E-state index contributed by atoms with van der Waals surface area (Å²) in [5.74, 6) is 2.15. The SMILES string of the molecule is N#Cc1cc(N2CC3CNCC3C2)nc(Cl)n1. The van der Waals surface area contributed by atoms with Gasteiger partial charge >= 0.3 is 0 Å². The molecule has 17 heavy (non-hydrogen) atoms. The van der Waals surface area contributed by atoms with Crippen LogP contribution >= 0.6 is 11.6 Å². The van der Waals surface area contributed by atoms with Crippen LogP contribution in [-0.2, 0) is 0 Å². The minimum Gasteiger partial charge on any atom is -0.356 e. The summed E-state index contributed by atoms with van der Waals surface area (Å²) >= 11 is 5.82. The van der Waals surface area contributed by atoms with Crippen molar-refractivity contribution in [2.75, 3.05) is 31.1 Å². The molecule has 1 aromatic rings. The molecule has 3 heterocycles. The maximum atomic E-state index is 8.86. The third-order valence-electron chi connectivity index (χ3n) is 3.51. The van der Waals surface area contributed by atoms with Gasteiger partial charge in [0, 0.05) is 32.2 Å². The van der Waals surface area contributed by atoms with Gasteiger partial charge < -0.3 is 10.2 Å². The summed E-state index contributed by atoms with van der Waals surface area (Å²) in [6.07, 6.45) is 0. The average molecular weight is 250 g/mol. The maximum absolute atomic E-state index is 8.86. The van der Waals surface area contributed by atoms with Crippen molar-refractivity contribution in [2.45, 2.75) is 0 Å². The zero-order valence-corrected chi connectivity index (χ0v) is 9.98. The maximum Gasteiger partial charge on any atom is 0.225 e. The number of nitrogens with one attached hydrogen (secondary N) is 1. The van der Waals surface area contributed by atoms with E-state index in [1.807, 2.05) is 6.07 Å². The molecule has 2 unspecified atom stereocenters. The highest BCUT2D eigenvalue weighted by Gasteiger charge is 2.36. The van der Waals surface area contributed by atoms with Crippen LogP contribution in [-0.4, -0.2) is 36.1 Å². The van der Waals surface area contributed by atoms with Gasteiger partial charge in [0.2, 0.25) is 5.28 Å². The number of hydrogen-bond acceptors (Lipinski definition) is 5. The van der Waals surface area contributed by atoms with E-state index >= 15 is 0 Å². The number of aromatic nitrogens is 2. The van der Waals surface area contributed by atoms with Crippen molar-refractivity contribution in [2.24, 2.45) is 11.8 Å². The molecule has 0 spiro atoms. The molecule has 5 nitrogen and oxygen atoms in total. The van der Waals surface area contributed by atoms with Crippen LogP contribution in [0, 0.1) is 23.2 Å². The Labute approximate surface area is 104 Å². The molecule has 2 aliphatic rings. The Bertz CT molecular complexity index is 471. The zero-order chi connectivity index (χ0) is 11.8. The van der Waals surface area contributed by atoms with Crippen molar-refractivity contribution in [3.05, 3.63) is 17.0 Å². The first kappa shape index (κ1) is 10.8. The third kappa shape index (κ3) is 1.94. The highest BCUT2D eigenvalue weighted by Crippen LogP contribution is 2.29.